The van der Waals surface area contributed by atoms with Crippen LogP contribution in [0, 0.1) is 0 Å². The van der Waals surface area contributed by atoms with Crippen molar-refractivity contribution >= 4 is 0 Å². The smallest absolute Gasteiger partial charge is 0.0715 e. The summed E-state index contributed by atoms with van der Waals surface area (Å²) >= 11 is 0. The summed E-state index contributed by atoms with van der Waals surface area (Å²) in [4.78, 5) is 2.53. The highest BCUT2D eigenvalue weighted by molar-refractivity contribution is 5.14. The van der Waals surface area contributed by atoms with Crippen molar-refractivity contribution < 1.29 is 4.74 Å². The van der Waals surface area contributed by atoms with Crippen molar-refractivity contribution in [3.05, 3.63) is 35.9 Å². The molecule has 3 rings (SSSR count). The van der Waals surface area contributed by atoms with Crippen molar-refractivity contribution in [1.29, 1.82) is 0 Å². The zero-order valence-corrected chi connectivity index (χ0v) is 11.6. The van der Waals surface area contributed by atoms with E-state index in [4.69, 9.17) is 4.74 Å². The van der Waals surface area contributed by atoms with Crippen molar-refractivity contribution in [2.45, 2.75) is 38.0 Å². The van der Waals surface area contributed by atoms with Crippen LogP contribution < -0.4 is 5.32 Å². The minimum Gasteiger partial charge on any atom is -0.372 e. The van der Waals surface area contributed by atoms with Crippen molar-refractivity contribution in [1.82, 2.24) is 10.2 Å². The SMILES string of the molecule is c1ccc(CN2CCCC(O[C@@H]3CCNC3)C2)cc1. The standard InChI is InChI=1S/C16H24N2O/c1-2-5-14(6-3-1)12-18-10-4-7-16(13-18)19-15-8-9-17-11-15/h1-3,5-6,15-17H,4,7-13H2/t15-,16?/m1/s1. The van der Waals surface area contributed by atoms with E-state index in [1.807, 2.05) is 0 Å². The van der Waals surface area contributed by atoms with Gasteiger partial charge >= 0.3 is 0 Å². The van der Waals surface area contributed by atoms with Gasteiger partial charge in [0, 0.05) is 19.6 Å². The van der Waals surface area contributed by atoms with Gasteiger partial charge in [0.05, 0.1) is 12.2 Å². The first-order valence-corrected chi connectivity index (χ1v) is 7.52. The molecule has 0 spiro atoms. The zero-order chi connectivity index (χ0) is 12.9. The van der Waals surface area contributed by atoms with Crippen LogP contribution in [0.2, 0.25) is 0 Å². The van der Waals surface area contributed by atoms with Gasteiger partial charge in [-0.05, 0) is 37.9 Å². The second kappa shape index (κ2) is 6.51. The van der Waals surface area contributed by atoms with E-state index < -0.39 is 0 Å². The highest BCUT2D eigenvalue weighted by Crippen LogP contribution is 2.18. The van der Waals surface area contributed by atoms with Crippen LogP contribution in [0.15, 0.2) is 30.3 Å². The van der Waals surface area contributed by atoms with Crippen LogP contribution in [0.25, 0.3) is 0 Å². The Balaban J connectivity index is 1.50. The summed E-state index contributed by atoms with van der Waals surface area (Å²) in [6.07, 6.45) is 4.54. The highest BCUT2D eigenvalue weighted by Gasteiger charge is 2.25. The van der Waals surface area contributed by atoms with E-state index in [-0.39, 0.29) is 0 Å². The van der Waals surface area contributed by atoms with E-state index in [9.17, 15) is 0 Å². The fraction of sp³-hybridized carbons (Fsp3) is 0.625. The molecule has 1 aromatic carbocycles. The first-order chi connectivity index (χ1) is 9.40. The van der Waals surface area contributed by atoms with Gasteiger partial charge in [-0.15, -0.1) is 0 Å². The Hall–Kier alpha value is -0.900. The molecule has 0 bridgehead atoms. The monoisotopic (exact) mass is 260 g/mol. The molecule has 2 aliphatic heterocycles. The zero-order valence-electron chi connectivity index (χ0n) is 11.6. The Labute approximate surface area is 115 Å². The van der Waals surface area contributed by atoms with E-state index >= 15 is 0 Å². The Morgan fingerprint density at radius 2 is 2.05 bits per heavy atom. The van der Waals surface area contributed by atoms with Gasteiger partial charge in [0.1, 0.15) is 0 Å². The molecule has 1 N–H and O–H groups in total. The second-order valence-corrected chi connectivity index (χ2v) is 5.74. The highest BCUT2D eigenvalue weighted by atomic mass is 16.5. The Bertz CT molecular complexity index is 376. The molecule has 0 aromatic heterocycles. The minimum atomic E-state index is 0.433. The number of nitrogens with zero attached hydrogens (tertiary/aromatic N) is 1. The summed E-state index contributed by atoms with van der Waals surface area (Å²) in [6.45, 7) is 5.51. The maximum absolute atomic E-state index is 6.22. The Morgan fingerprint density at radius 1 is 1.16 bits per heavy atom. The maximum atomic E-state index is 6.22. The lowest BCUT2D eigenvalue weighted by Gasteiger charge is -2.34. The van der Waals surface area contributed by atoms with Crippen LogP contribution in [0.1, 0.15) is 24.8 Å². The van der Waals surface area contributed by atoms with Gasteiger partial charge in [-0.2, -0.15) is 0 Å². The molecule has 0 radical (unpaired) electrons. The molecule has 2 saturated heterocycles. The first-order valence-electron chi connectivity index (χ1n) is 7.52. The molecule has 2 atom stereocenters. The van der Waals surface area contributed by atoms with E-state index in [2.05, 4.69) is 40.5 Å². The van der Waals surface area contributed by atoms with Gasteiger partial charge in [0.2, 0.25) is 0 Å². The van der Waals surface area contributed by atoms with E-state index in [1.165, 1.54) is 31.4 Å². The molecule has 2 aliphatic rings. The average molecular weight is 260 g/mol. The largest absolute Gasteiger partial charge is 0.372 e. The third-order valence-electron chi connectivity index (χ3n) is 4.11. The maximum Gasteiger partial charge on any atom is 0.0715 e. The number of likely N-dealkylation sites (tertiary alicyclic amines) is 1. The van der Waals surface area contributed by atoms with Crippen LogP contribution in [-0.4, -0.2) is 43.3 Å². The molecular formula is C16H24N2O. The van der Waals surface area contributed by atoms with Gasteiger partial charge in [-0.25, -0.2) is 0 Å². The van der Waals surface area contributed by atoms with Crippen LogP contribution >= 0.6 is 0 Å². The molecule has 0 aliphatic carbocycles. The molecular weight excluding hydrogens is 236 g/mol. The topological polar surface area (TPSA) is 24.5 Å². The molecule has 1 unspecified atom stereocenters. The summed E-state index contributed by atoms with van der Waals surface area (Å²) in [5.74, 6) is 0. The predicted molar refractivity (Wildman–Crippen MR) is 77.1 cm³/mol. The number of benzene rings is 1. The summed E-state index contributed by atoms with van der Waals surface area (Å²) in [5, 5.41) is 3.37. The van der Waals surface area contributed by atoms with Gasteiger partial charge < -0.3 is 10.1 Å². The fourth-order valence-corrected chi connectivity index (χ4v) is 3.13. The van der Waals surface area contributed by atoms with E-state index in [1.54, 1.807) is 0 Å². The summed E-state index contributed by atoms with van der Waals surface area (Å²) in [6, 6.07) is 10.8. The van der Waals surface area contributed by atoms with Crippen molar-refractivity contribution in [2.24, 2.45) is 0 Å². The quantitative estimate of drug-likeness (QED) is 0.896. The van der Waals surface area contributed by atoms with Gasteiger partial charge in [-0.3, -0.25) is 4.90 Å². The number of ether oxygens (including phenoxy) is 1. The van der Waals surface area contributed by atoms with Crippen LogP contribution in [0.3, 0.4) is 0 Å². The molecule has 0 amide bonds. The predicted octanol–water partition coefficient (Wildman–Crippen LogP) is 2.03. The fourth-order valence-electron chi connectivity index (χ4n) is 3.13. The van der Waals surface area contributed by atoms with Gasteiger partial charge in [0.15, 0.2) is 0 Å². The second-order valence-electron chi connectivity index (χ2n) is 5.74. The lowest BCUT2D eigenvalue weighted by molar-refractivity contribution is -0.0411. The normalized spacial score (nSPS) is 28.6. The number of rotatable bonds is 4. The Morgan fingerprint density at radius 3 is 2.84 bits per heavy atom. The van der Waals surface area contributed by atoms with Gasteiger partial charge in [0.25, 0.3) is 0 Å². The number of nitrogens with one attached hydrogen (secondary N) is 1. The molecule has 2 heterocycles. The van der Waals surface area contributed by atoms with Crippen LogP contribution in [-0.2, 0) is 11.3 Å². The van der Waals surface area contributed by atoms with Crippen molar-refractivity contribution in [3.8, 4) is 0 Å². The minimum absolute atomic E-state index is 0.433. The number of hydrogen-bond donors (Lipinski definition) is 1. The van der Waals surface area contributed by atoms with E-state index in [0.29, 0.717) is 12.2 Å². The molecule has 0 saturated carbocycles. The number of piperidine rings is 1. The molecule has 19 heavy (non-hydrogen) atoms. The summed E-state index contributed by atoms with van der Waals surface area (Å²) in [5.41, 5.74) is 1.41. The molecule has 3 heteroatoms. The first kappa shape index (κ1) is 13.1. The van der Waals surface area contributed by atoms with Crippen molar-refractivity contribution in [2.75, 3.05) is 26.2 Å². The van der Waals surface area contributed by atoms with Gasteiger partial charge in [-0.1, -0.05) is 30.3 Å². The third kappa shape index (κ3) is 3.78. The summed E-state index contributed by atoms with van der Waals surface area (Å²) < 4.78 is 6.22. The lowest BCUT2D eigenvalue weighted by atomic mass is 10.1. The molecule has 104 valence electrons. The Kier molecular flexibility index (Phi) is 4.49. The van der Waals surface area contributed by atoms with Crippen molar-refractivity contribution in [3.63, 3.8) is 0 Å². The third-order valence-corrected chi connectivity index (χ3v) is 4.11. The average Bonchev–Trinajstić information content (AvgIpc) is 2.93. The molecule has 3 nitrogen and oxygen atoms in total. The lowest BCUT2D eigenvalue weighted by Crippen LogP contribution is -2.41. The molecule has 2 fully saturated rings. The van der Waals surface area contributed by atoms with Crippen LogP contribution in [0.5, 0.6) is 0 Å². The van der Waals surface area contributed by atoms with Crippen LogP contribution in [0.4, 0.5) is 0 Å². The van der Waals surface area contributed by atoms with E-state index in [0.717, 1.165) is 26.2 Å². The number of hydrogen-bond acceptors (Lipinski definition) is 3. The molecule has 1 aromatic rings. The summed E-state index contributed by atoms with van der Waals surface area (Å²) in [7, 11) is 0.